The standard InChI is InChI=1S/C8H6F5NO2/c9-7(10)15-6-3-4(14)1-2-5(6)16-8(11,12)13/h1-3,7H,14H2. The van der Waals surface area contributed by atoms with Gasteiger partial charge in [0.1, 0.15) is 0 Å². The molecule has 0 aliphatic heterocycles. The van der Waals surface area contributed by atoms with Crippen LogP contribution in [0.1, 0.15) is 0 Å². The highest BCUT2D eigenvalue weighted by molar-refractivity contribution is 5.52. The number of benzene rings is 1. The molecule has 1 aromatic carbocycles. The summed E-state index contributed by atoms with van der Waals surface area (Å²) in [4.78, 5) is 0. The largest absolute Gasteiger partial charge is 0.573 e. The van der Waals surface area contributed by atoms with Crippen molar-refractivity contribution < 1.29 is 31.4 Å². The van der Waals surface area contributed by atoms with Gasteiger partial charge in [-0.3, -0.25) is 0 Å². The molecule has 3 nitrogen and oxygen atoms in total. The first-order valence-electron chi connectivity index (χ1n) is 3.88. The van der Waals surface area contributed by atoms with Crippen LogP contribution in [0.4, 0.5) is 27.6 Å². The van der Waals surface area contributed by atoms with Crippen LogP contribution in [0, 0.1) is 0 Å². The van der Waals surface area contributed by atoms with Crippen LogP contribution in [0.3, 0.4) is 0 Å². The number of halogens is 5. The summed E-state index contributed by atoms with van der Waals surface area (Å²) in [6, 6.07) is 2.67. The van der Waals surface area contributed by atoms with Crippen molar-refractivity contribution in [2.75, 3.05) is 5.73 Å². The maximum Gasteiger partial charge on any atom is 0.573 e. The highest BCUT2D eigenvalue weighted by Gasteiger charge is 2.32. The number of anilines is 1. The molecular formula is C8H6F5NO2. The van der Waals surface area contributed by atoms with Gasteiger partial charge in [-0.1, -0.05) is 0 Å². The lowest BCUT2D eigenvalue weighted by atomic mass is 10.3. The number of hydrogen-bond donors (Lipinski definition) is 1. The van der Waals surface area contributed by atoms with Crippen LogP contribution in [-0.4, -0.2) is 13.0 Å². The molecule has 0 fully saturated rings. The van der Waals surface area contributed by atoms with E-state index in [1.165, 1.54) is 0 Å². The Morgan fingerprint density at radius 1 is 1.12 bits per heavy atom. The second-order valence-electron chi connectivity index (χ2n) is 2.63. The molecule has 0 unspecified atom stereocenters. The van der Waals surface area contributed by atoms with E-state index in [2.05, 4.69) is 9.47 Å². The zero-order chi connectivity index (χ0) is 12.3. The van der Waals surface area contributed by atoms with Gasteiger partial charge in [0.15, 0.2) is 11.5 Å². The highest BCUT2D eigenvalue weighted by Crippen LogP contribution is 2.34. The Bertz CT molecular complexity index is 366. The molecule has 1 aromatic rings. The van der Waals surface area contributed by atoms with Gasteiger partial charge in [0.2, 0.25) is 0 Å². The summed E-state index contributed by atoms with van der Waals surface area (Å²) in [7, 11) is 0. The lowest BCUT2D eigenvalue weighted by Crippen LogP contribution is -2.18. The van der Waals surface area contributed by atoms with E-state index in [9.17, 15) is 22.0 Å². The predicted molar refractivity (Wildman–Crippen MR) is 44.2 cm³/mol. The van der Waals surface area contributed by atoms with E-state index in [1.807, 2.05) is 0 Å². The molecule has 0 spiro atoms. The van der Waals surface area contributed by atoms with Crippen LogP contribution in [0.5, 0.6) is 11.5 Å². The zero-order valence-corrected chi connectivity index (χ0v) is 7.59. The third-order valence-electron chi connectivity index (χ3n) is 1.41. The number of alkyl halides is 5. The Morgan fingerprint density at radius 2 is 1.75 bits per heavy atom. The summed E-state index contributed by atoms with van der Waals surface area (Å²) >= 11 is 0. The molecule has 0 aliphatic carbocycles. The molecular weight excluding hydrogens is 237 g/mol. The molecule has 0 aliphatic rings. The molecule has 8 heteroatoms. The Balaban J connectivity index is 2.98. The van der Waals surface area contributed by atoms with Gasteiger partial charge in [0.05, 0.1) is 0 Å². The maximum atomic E-state index is 11.9. The van der Waals surface area contributed by atoms with Gasteiger partial charge in [-0.05, 0) is 12.1 Å². The molecule has 0 heterocycles. The van der Waals surface area contributed by atoms with Gasteiger partial charge in [0, 0.05) is 11.8 Å². The van der Waals surface area contributed by atoms with Gasteiger partial charge < -0.3 is 15.2 Å². The van der Waals surface area contributed by atoms with Crippen molar-refractivity contribution in [1.82, 2.24) is 0 Å². The first kappa shape index (κ1) is 12.3. The SMILES string of the molecule is Nc1ccc(OC(F)(F)F)c(OC(F)F)c1. The molecule has 0 bridgehead atoms. The summed E-state index contributed by atoms with van der Waals surface area (Å²) in [5, 5.41) is 0. The van der Waals surface area contributed by atoms with Crippen LogP contribution in [0.25, 0.3) is 0 Å². The summed E-state index contributed by atoms with van der Waals surface area (Å²) in [6.45, 7) is -3.27. The number of rotatable bonds is 3. The van der Waals surface area contributed by atoms with Crippen LogP contribution in [-0.2, 0) is 0 Å². The predicted octanol–water partition coefficient (Wildman–Crippen LogP) is 2.77. The van der Waals surface area contributed by atoms with Crippen molar-refractivity contribution in [1.29, 1.82) is 0 Å². The average Bonchev–Trinajstić information content (AvgIpc) is 2.06. The van der Waals surface area contributed by atoms with Gasteiger partial charge in [-0.2, -0.15) is 8.78 Å². The third-order valence-corrected chi connectivity index (χ3v) is 1.41. The van der Waals surface area contributed by atoms with Gasteiger partial charge in [-0.15, -0.1) is 13.2 Å². The molecule has 90 valence electrons. The smallest absolute Gasteiger partial charge is 0.431 e. The van der Waals surface area contributed by atoms with E-state index in [4.69, 9.17) is 5.73 Å². The number of ether oxygens (including phenoxy) is 2. The molecule has 0 saturated carbocycles. The molecule has 0 atom stereocenters. The van der Waals surface area contributed by atoms with Crippen molar-refractivity contribution in [3.63, 3.8) is 0 Å². The monoisotopic (exact) mass is 243 g/mol. The summed E-state index contributed by atoms with van der Waals surface area (Å²) in [5.41, 5.74) is 5.18. The molecule has 0 saturated heterocycles. The Labute approximate surface area is 86.6 Å². The maximum absolute atomic E-state index is 11.9. The van der Waals surface area contributed by atoms with Crippen molar-refractivity contribution >= 4 is 5.69 Å². The Kier molecular flexibility index (Phi) is 3.41. The quantitative estimate of drug-likeness (QED) is 0.655. The van der Waals surface area contributed by atoms with E-state index in [0.717, 1.165) is 18.2 Å². The molecule has 0 radical (unpaired) electrons. The first-order valence-corrected chi connectivity index (χ1v) is 3.88. The topological polar surface area (TPSA) is 44.5 Å². The van der Waals surface area contributed by atoms with Gasteiger partial charge >= 0.3 is 13.0 Å². The van der Waals surface area contributed by atoms with Crippen LogP contribution in [0.2, 0.25) is 0 Å². The Morgan fingerprint density at radius 3 is 2.25 bits per heavy atom. The van der Waals surface area contributed by atoms with E-state index >= 15 is 0 Å². The fourth-order valence-electron chi connectivity index (χ4n) is 0.922. The van der Waals surface area contributed by atoms with Gasteiger partial charge in [0.25, 0.3) is 0 Å². The molecule has 0 aromatic heterocycles. The van der Waals surface area contributed by atoms with E-state index in [-0.39, 0.29) is 5.69 Å². The number of hydrogen-bond acceptors (Lipinski definition) is 3. The number of nitrogens with two attached hydrogens (primary N) is 1. The Hall–Kier alpha value is -1.73. The fraction of sp³-hybridized carbons (Fsp3) is 0.250. The van der Waals surface area contributed by atoms with E-state index < -0.39 is 24.5 Å². The normalized spacial score (nSPS) is 11.6. The molecule has 16 heavy (non-hydrogen) atoms. The second kappa shape index (κ2) is 4.42. The first-order chi connectivity index (χ1) is 7.28. The van der Waals surface area contributed by atoms with E-state index in [0.29, 0.717) is 0 Å². The van der Waals surface area contributed by atoms with Crippen molar-refractivity contribution in [3.05, 3.63) is 18.2 Å². The van der Waals surface area contributed by atoms with Crippen LogP contribution < -0.4 is 15.2 Å². The number of nitrogen functional groups attached to an aromatic ring is 1. The summed E-state index contributed by atoms with van der Waals surface area (Å²) in [6.07, 6.45) is -4.99. The van der Waals surface area contributed by atoms with Crippen molar-refractivity contribution in [2.24, 2.45) is 0 Å². The lowest BCUT2D eigenvalue weighted by molar-refractivity contribution is -0.275. The minimum absolute atomic E-state index is 0.0230. The average molecular weight is 243 g/mol. The van der Waals surface area contributed by atoms with Gasteiger partial charge in [-0.25, -0.2) is 0 Å². The second-order valence-corrected chi connectivity index (χ2v) is 2.63. The highest BCUT2D eigenvalue weighted by atomic mass is 19.4. The lowest BCUT2D eigenvalue weighted by Gasteiger charge is -2.13. The van der Waals surface area contributed by atoms with Crippen molar-refractivity contribution in [2.45, 2.75) is 13.0 Å². The summed E-state index contributed by atoms with van der Waals surface area (Å²) < 4.78 is 66.6. The minimum atomic E-state index is -4.99. The fourth-order valence-corrected chi connectivity index (χ4v) is 0.922. The molecule has 2 N–H and O–H groups in total. The van der Waals surface area contributed by atoms with Crippen LogP contribution in [0.15, 0.2) is 18.2 Å². The molecule has 1 rings (SSSR count). The zero-order valence-electron chi connectivity index (χ0n) is 7.59. The summed E-state index contributed by atoms with van der Waals surface area (Å²) in [5.74, 6) is -1.64. The minimum Gasteiger partial charge on any atom is -0.431 e. The van der Waals surface area contributed by atoms with Crippen LogP contribution >= 0.6 is 0 Å². The molecule has 0 amide bonds. The van der Waals surface area contributed by atoms with Crippen molar-refractivity contribution in [3.8, 4) is 11.5 Å². The van der Waals surface area contributed by atoms with E-state index in [1.54, 1.807) is 0 Å². The third kappa shape index (κ3) is 3.79.